The minimum atomic E-state index is -0.677. The van der Waals surface area contributed by atoms with Gasteiger partial charge in [-0.25, -0.2) is 8.78 Å². The van der Waals surface area contributed by atoms with E-state index < -0.39 is 11.6 Å². The molecule has 3 aliphatic carbocycles. The SMILES string of the molecule is CCC/C=C/C1CCC2C1CCC2C1CCC(c2ccc(C3CO3)c(F)c2F)CC1. The number of hydrogen-bond acceptors (Lipinski definition) is 1. The highest BCUT2D eigenvalue weighted by Crippen LogP contribution is 2.56. The molecule has 0 bridgehead atoms. The fourth-order valence-corrected chi connectivity index (χ4v) is 7.18. The molecule has 1 aliphatic heterocycles. The number of ether oxygens (including phenoxy) is 1. The zero-order valence-electron chi connectivity index (χ0n) is 18.3. The van der Waals surface area contributed by atoms with Crippen LogP contribution in [0.25, 0.3) is 0 Å². The molecule has 0 aromatic heterocycles. The number of benzene rings is 1. The van der Waals surface area contributed by atoms with Crippen molar-refractivity contribution < 1.29 is 13.5 Å². The van der Waals surface area contributed by atoms with Crippen molar-refractivity contribution in [2.24, 2.45) is 29.6 Å². The maximum Gasteiger partial charge on any atom is 0.165 e. The Morgan fingerprint density at radius 1 is 0.867 bits per heavy atom. The number of unbranched alkanes of at least 4 members (excludes halogenated alkanes) is 1. The number of fused-ring (bicyclic) bond motifs is 1. The molecule has 1 saturated heterocycles. The van der Waals surface area contributed by atoms with Crippen molar-refractivity contribution in [3.8, 4) is 0 Å². The smallest absolute Gasteiger partial charge is 0.165 e. The van der Waals surface area contributed by atoms with Crippen molar-refractivity contribution in [1.82, 2.24) is 0 Å². The Kier molecular flexibility index (Phi) is 6.01. The van der Waals surface area contributed by atoms with Crippen LogP contribution in [-0.4, -0.2) is 6.61 Å². The van der Waals surface area contributed by atoms with Crippen LogP contribution < -0.4 is 0 Å². The van der Waals surface area contributed by atoms with E-state index in [9.17, 15) is 8.78 Å². The van der Waals surface area contributed by atoms with Gasteiger partial charge in [0.1, 0.15) is 6.10 Å². The highest BCUT2D eigenvalue weighted by molar-refractivity contribution is 5.32. The topological polar surface area (TPSA) is 12.5 Å². The van der Waals surface area contributed by atoms with Crippen LogP contribution in [0.3, 0.4) is 0 Å². The van der Waals surface area contributed by atoms with E-state index >= 15 is 0 Å². The lowest BCUT2D eigenvalue weighted by Gasteiger charge is -2.35. The first-order valence-corrected chi connectivity index (χ1v) is 12.4. The summed E-state index contributed by atoms with van der Waals surface area (Å²) in [6, 6.07) is 3.58. The molecule has 1 aromatic carbocycles. The summed E-state index contributed by atoms with van der Waals surface area (Å²) in [7, 11) is 0. The molecule has 164 valence electrons. The van der Waals surface area contributed by atoms with E-state index in [1.807, 2.05) is 6.07 Å². The molecule has 1 nitrogen and oxygen atoms in total. The van der Waals surface area contributed by atoms with E-state index in [0.717, 1.165) is 42.4 Å². The van der Waals surface area contributed by atoms with E-state index in [4.69, 9.17) is 4.74 Å². The van der Waals surface area contributed by atoms with E-state index in [0.29, 0.717) is 17.7 Å². The maximum absolute atomic E-state index is 14.7. The molecule has 0 amide bonds. The third-order valence-electron chi connectivity index (χ3n) is 8.79. The van der Waals surface area contributed by atoms with Gasteiger partial charge in [-0.1, -0.05) is 37.6 Å². The third kappa shape index (κ3) is 3.87. The standard InChI is InChI=1S/C27H36F2O/c1-2-3-4-5-17-10-11-23-20(17)12-13-21(23)18-6-8-19(9-7-18)22-14-15-24(25-16-30-25)27(29)26(22)28/h4-5,14-15,17-21,23,25H,2-3,6-13,16H2,1H3/b5-4+. The quantitative estimate of drug-likeness (QED) is 0.343. The molecular weight excluding hydrogens is 378 g/mol. The van der Waals surface area contributed by atoms with Crippen LogP contribution in [-0.2, 0) is 4.74 Å². The summed E-state index contributed by atoms with van der Waals surface area (Å²) >= 11 is 0. The summed E-state index contributed by atoms with van der Waals surface area (Å²) in [6.45, 7) is 2.76. The monoisotopic (exact) mass is 414 g/mol. The Morgan fingerprint density at radius 3 is 2.27 bits per heavy atom. The largest absolute Gasteiger partial charge is 0.368 e. The van der Waals surface area contributed by atoms with Gasteiger partial charge in [0.05, 0.1) is 6.61 Å². The lowest BCUT2D eigenvalue weighted by atomic mass is 9.70. The van der Waals surface area contributed by atoms with Gasteiger partial charge in [0.15, 0.2) is 11.6 Å². The average molecular weight is 415 g/mol. The maximum atomic E-state index is 14.7. The van der Waals surface area contributed by atoms with Crippen molar-refractivity contribution in [1.29, 1.82) is 0 Å². The summed E-state index contributed by atoms with van der Waals surface area (Å²) in [5.74, 6) is 3.18. The molecule has 0 radical (unpaired) electrons. The van der Waals surface area contributed by atoms with Crippen molar-refractivity contribution in [2.45, 2.75) is 83.2 Å². The first-order chi connectivity index (χ1) is 14.7. The van der Waals surface area contributed by atoms with E-state index in [-0.39, 0.29) is 12.0 Å². The molecule has 5 atom stereocenters. The third-order valence-corrected chi connectivity index (χ3v) is 8.79. The molecule has 0 spiro atoms. The number of allylic oxidation sites excluding steroid dienone is 2. The number of halogens is 2. The van der Waals surface area contributed by atoms with Gasteiger partial charge in [-0.2, -0.15) is 0 Å². The van der Waals surface area contributed by atoms with E-state index in [1.54, 1.807) is 6.07 Å². The Bertz CT molecular complexity index is 775. The molecule has 5 unspecified atom stereocenters. The Morgan fingerprint density at radius 2 is 1.53 bits per heavy atom. The first-order valence-electron chi connectivity index (χ1n) is 12.4. The van der Waals surface area contributed by atoms with Gasteiger partial charge in [0, 0.05) is 5.56 Å². The Hall–Kier alpha value is -1.22. The Labute approximate surface area is 180 Å². The Balaban J connectivity index is 1.19. The van der Waals surface area contributed by atoms with Crippen LogP contribution in [0.15, 0.2) is 24.3 Å². The van der Waals surface area contributed by atoms with Gasteiger partial charge in [-0.3, -0.25) is 0 Å². The fraction of sp³-hybridized carbons (Fsp3) is 0.704. The number of hydrogen-bond donors (Lipinski definition) is 0. The molecule has 4 aliphatic rings. The molecular formula is C27H36F2O. The minimum Gasteiger partial charge on any atom is -0.368 e. The highest BCUT2D eigenvalue weighted by atomic mass is 19.2. The zero-order valence-corrected chi connectivity index (χ0v) is 18.3. The summed E-state index contributed by atoms with van der Waals surface area (Å²) in [5, 5.41) is 0. The van der Waals surface area contributed by atoms with Crippen LogP contribution in [0.2, 0.25) is 0 Å². The van der Waals surface area contributed by atoms with Crippen LogP contribution in [0.5, 0.6) is 0 Å². The van der Waals surface area contributed by atoms with E-state index in [2.05, 4.69) is 19.1 Å². The molecule has 30 heavy (non-hydrogen) atoms. The zero-order chi connectivity index (χ0) is 20.7. The van der Waals surface area contributed by atoms with Crippen molar-refractivity contribution in [3.05, 3.63) is 47.0 Å². The molecule has 5 rings (SSSR count). The van der Waals surface area contributed by atoms with Gasteiger partial charge >= 0.3 is 0 Å². The highest BCUT2D eigenvalue weighted by Gasteiger charge is 2.46. The van der Waals surface area contributed by atoms with Gasteiger partial charge in [0.25, 0.3) is 0 Å². The average Bonchev–Trinajstić information content (AvgIpc) is 3.39. The molecule has 1 heterocycles. The fourth-order valence-electron chi connectivity index (χ4n) is 7.18. The van der Waals surface area contributed by atoms with Crippen LogP contribution >= 0.6 is 0 Å². The van der Waals surface area contributed by atoms with Gasteiger partial charge in [0.2, 0.25) is 0 Å². The summed E-state index contributed by atoms with van der Waals surface area (Å²) in [6.07, 6.45) is 17.1. The van der Waals surface area contributed by atoms with Gasteiger partial charge in [-0.15, -0.1) is 0 Å². The summed E-state index contributed by atoms with van der Waals surface area (Å²) < 4.78 is 34.4. The van der Waals surface area contributed by atoms with Crippen LogP contribution in [0.1, 0.15) is 94.3 Å². The van der Waals surface area contributed by atoms with Crippen molar-refractivity contribution in [2.75, 3.05) is 6.61 Å². The summed E-state index contributed by atoms with van der Waals surface area (Å²) in [4.78, 5) is 0. The van der Waals surface area contributed by atoms with Gasteiger partial charge < -0.3 is 4.74 Å². The van der Waals surface area contributed by atoms with Crippen molar-refractivity contribution >= 4 is 0 Å². The minimum absolute atomic E-state index is 0.176. The molecule has 1 aromatic rings. The molecule has 3 saturated carbocycles. The first kappa shape index (κ1) is 20.7. The van der Waals surface area contributed by atoms with Crippen molar-refractivity contribution in [3.63, 3.8) is 0 Å². The normalized spacial score (nSPS) is 38.3. The number of rotatable bonds is 6. The predicted octanol–water partition coefficient (Wildman–Crippen LogP) is 7.72. The lowest BCUT2D eigenvalue weighted by molar-refractivity contribution is 0.180. The molecule has 4 fully saturated rings. The molecule has 0 N–H and O–H groups in total. The van der Waals surface area contributed by atoms with Crippen LogP contribution in [0.4, 0.5) is 8.78 Å². The molecule has 3 heteroatoms. The summed E-state index contributed by atoms with van der Waals surface area (Å²) in [5.41, 5.74) is 0.993. The van der Waals surface area contributed by atoms with E-state index in [1.165, 1.54) is 51.4 Å². The predicted molar refractivity (Wildman–Crippen MR) is 116 cm³/mol. The van der Waals surface area contributed by atoms with Crippen LogP contribution in [0, 0.1) is 41.2 Å². The second-order valence-corrected chi connectivity index (χ2v) is 10.3. The second kappa shape index (κ2) is 8.73. The second-order valence-electron chi connectivity index (χ2n) is 10.3. The lowest BCUT2D eigenvalue weighted by Crippen LogP contribution is -2.25. The van der Waals surface area contributed by atoms with Gasteiger partial charge in [-0.05, 0) is 98.9 Å². The number of epoxide rings is 1.